The van der Waals surface area contributed by atoms with Crippen LogP contribution in [0.4, 0.5) is 5.69 Å². The number of nitro benzene ring substituents is 1. The first-order valence-electron chi connectivity index (χ1n) is 7.11. The lowest BCUT2D eigenvalue weighted by Gasteiger charge is -2.08. The van der Waals surface area contributed by atoms with Crippen molar-refractivity contribution in [1.82, 2.24) is 0 Å². The van der Waals surface area contributed by atoms with Gasteiger partial charge in [0.25, 0.3) is 5.69 Å². The highest BCUT2D eigenvalue weighted by Gasteiger charge is 2.17. The molecule has 7 nitrogen and oxygen atoms in total. The van der Waals surface area contributed by atoms with E-state index in [0.29, 0.717) is 38.8 Å². The Balaban J connectivity index is 2.39. The minimum absolute atomic E-state index is 0.0565. The van der Waals surface area contributed by atoms with E-state index >= 15 is 0 Å². The Kier molecular flexibility index (Phi) is 7.60. The van der Waals surface area contributed by atoms with E-state index in [4.69, 9.17) is 9.47 Å². The van der Waals surface area contributed by atoms with Crippen molar-refractivity contribution in [1.29, 1.82) is 0 Å². The van der Waals surface area contributed by atoms with E-state index in [2.05, 4.69) is 0 Å². The van der Waals surface area contributed by atoms with Crippen molar-refractivity contribution in [3.63, 3.8) is 0 Å². The van der Waals surface area contributed by atoms with Crippen molar-refractivity contribution in [2.24, 2.45) is 0 Å². The number of carbonyl (C=O) groups is 2. The fraction of sp³-hybridized carbons (Fsp3) is 0.467. The minimum Gasteiger partial charge on any atom is -0.493 e. The Morgan fingerprint density at radius 1 is 1.32 bits per heavy atom. The number of carbonyl (C=O) groups excluding carboxylic acids is 2. The topological polar surface area (TPSA) is 95.7 Å². The standard InChI is InChI=1S/C15H19NO6/c1-2-21-15(18)9-4-3-5-10-22-14-8-6-7-13(16(19)20)12(14)11-17/h6-8,11H,2-5,9-10H2,1H3. The van der Waals surface area contributed by atoms with E-state index in [1.807, 2.05) is 0 Å². The van der Waals surface area contributed by atoms with E-state index in [1.54, 1.807) is 6.92 Å². The van der Waals surface area contributed by atoms with Gasteiger partial charge in [0.05, 0.1) is 18.1 Å². The number of aldehydes is 1. The van der Waals surface area contributed by atoms with Crippen molar-refractivity contribution < 1.29 is 24.0 Å². The van der Waals surface area contributed by atoms with E-state index in [1.165, 1.54) is 18.2 Å². The molecule has 22 heavy (non-hydrogen) atoms. The molecule has 120 valence electrons. The van der Waals surface area contributed by atoms with Gasteiger partial charge in [0.1, 0.15) is 11.3 Å². The molecule has 0 amide bonds. The molecular weight excluding hydrogens is 290 g/mol. The number of nitrogens with zero attached hydrogens (tertiary/aromatic N) is 1. The number of hydrogen-bond donors (Lipinski definition) is 0. The Morgan fingerprint density at radius 3 is 2.73 bits per heavy atom. The number of benzene rings is 1. The zero-order chi connectivity index (χ0) is 16.4. The molecule has 0 heterocycles. The van der Waals surface area contributed by atoms with Crippen LogP contribution in [0, 0.1) is 10.1 Å². The summed E-state index contributed by atoms with van der Waals surface area (Å²) in [5.74, 6) is -0.0139. The van der Waals surface area contributed by atoms with Gasteiger partial charge in [-0.15, -0.1) is 0 Å². The SMILES string of the molecule is CCOC(=O)CCCCCOc1cccc([N+](=O)[O-])c1C=O. The summed E-state index contributed by atoms with van der Waals surface area (Å²) in [5.41, 5.74) is -0.325. The van der Waals surface area contributed by atoms with Crippen LogP contribution in [-0.2, 0) is 9.53 Å². The fourth-order valence-electron chi connectivity index (χ4n) is 1.90. The molecule has 0 bridgehead atoms. The third-order valence-corrected chi connectivity index (χ3v) is 2.95. The van der Waals surface area contributed by atoms with Crippen molar-refractivity contribution in [3.05, 3.63) is 33.9 Å². The van der Waals surface area contributed by atoms with E-state index < -0.39 is 4.92 Å². The molecule has 1 aromatic rings. The predicted octanol–water partition coefficient (Wildman–Crippen LogP) is 2.91. The zero-order valence-corrected chi connectivity index (χ0v) is 12.4. The van der Waals surface area contributed by atoms with Gasteiger partial charge in [-0.05, 0) is 32.3 Å². The number of unbranched alkanes of at least 4 members (excludes halogenated alkanes) is 2. The van der Waals surface area contributed by atoms with E-state index in [9.17, 15) is 19.7 Å². The Bertz CT molecular complexity index is 529. The van der Waals surface area contributed by atoms with Gasteiger partial charge >= 0.3 is 5.97 Å². The molecule has 0 saturated heterocycles. The van der Waals surface area contributed by atoms with Gasteiger partial charge in [-0.1, -0.05) is 6.07 Å². The Hall–Kier alpha value is -2.44. The predicted molar refractivity (Wildman–Crippen MR) is 79.1 cm³/mol. The Morgan fingerprint density at radius 2 is 2.09 bits per heavy atom. The molecule has 0 aliphatic heterocycles. The van der Waals surface area contributed by atoms with E-state index in [0.717, 1.165) is 6.42 Å². The summed E-state index contributed by atoms with van der Waals surface area (Å²) in [5, 5.41) is 10.8. The molecule has 0 aliphatic rings. The average molecular weight is 309 g/mol. The van der Waals surface area contributed by atoms with Crippen LogP contribution < -0.4 is 4.74 Å². The van der Waals surface area contributed by atoms with Crippen LogP contribution in [-0.4, -0.2) is 30.4 Å². The van der Waals surface area contributed by atoms with Crippen LogP contribution in [0.1, 0.15) is 43.0 Å². The van der Waals surface area contributed by atoms with Gasteiger partial charge < -0.3 is 9.47 Å². The molecule has 0 aliphatic carbocycles. The maximum absolute atomic E-state index is 11.1. The molecule has 0 saturated carbocycles. The fourth-order valence-corrected chi connectivity index (χ4v) is 1.90. The van der Waals surface area contributed by atoms with Crippen molar-refractivity contribution in [2.75, 3.05) is 13.2 Å². The van der Waals surface area contributed by atoms with Gasteiger partial charge in [-0.3, -0.25) is 19.7 Å². The van der Waals surface area contributed by atoms with E-state index in [-0.39, 0.29) is 23.0 Å². The number of esters is 1. The molecule has 0 N–H and O–H groups in total. The lowest BCUT2D eigenvalue weighted by Crippen LogP contribution is -2.05. The number of nitro groups is 1. The van der Waals surface area contributed by atoms with Crippen LogP contribution in [0.15, 0.2) is 18.2 Å². The lowest BCUT2D eigenvalue weighted by atomic mass is 10.1. The molecule has 7 heteroatoms. The first kappa shape index (κ1) is 17.6. The summed E-state index contributed by atoms with van der Waals surface area (Å²) in [6.45, 7) is 2.46. The van der Waals surface area contributed by atoms with Gasteiger partial charge in [0.2, 0.25) is 0 Å². The van der Waals surface area contributed by atoms with Crippen molar-refractivity contribution >= 4 is 17.9 Å². The molecule has 0 atom stereocenters. The highest BCUT2D eigenvalue weighted by molar-refractivity contribution is 5.85. The summed E-state index contributed by atoms with van der Waals surface area (Å²) in [7, 11) is 0. The number of rotatable bonds is 10. The summed E-state index contributed by atoms with van der Waals surface area (Å²) in [6.07, 6.45) is 2.93. The smallest absolute Gasteiger partial charge is 0.305 e. The van der Waals surface area contributed by atoms with Gasteiger partial charge in [-0.2, -0.15) is 0 Å². The summed E-state index contributed by atoms with van der Waals surface area (Å²) in [6, 6.07) is 4.26. The molecule has 0 unspecified atom stereocenters. The van der Waals surface area contributed by atoms with Crippen molar-refractivity contribution in [2.45, 2.75) is 32.6 Å². The normalized spacial score (nSPS) is 10.0. The van der Waals surface area contributed by atoms with Crippen LogP contribution >= 0.6 is 0 Å². The van der Waals surface area contributed by atoms with Crippen LogP contribution in [0.5, 0.6) is 5.75 Å². The zero-order valence-electron chi connectivity index (χ0n) is 12.4. The van der Waals surface area contributed by atoms with Gasteiger partial charge in [-0.25, -0.2) is 0 Å². The molecule has 0 fully saturated rings. The quantitative estimate of drug-likeness (QED) is 0.217. The first-order chi connectivity index (χ1) is 10.6. The van der Waals surface area contributed by atoms with Crippen molar-refractivity contribution in [3.8, 4) is 5.75 Å². The molecule has 1 aromatic carbocycles. The highest BCUT2D eigenvalue weighted by atomic mass is 16.6. The van der Waals surface area contributed by atoms with Gasteiger partial charge in [0, 0.05) is 12.5 Å². The number of ether oxygens (including phenoxy) is 2. The van der Waals surface area contributed by atoms with Crippen LogP contribution in [0.25, 0.3) is 0 Å². The van der Waals surface area contributed by atoms with Crippen LogP contribution in [0.3, 0.4) is 0 Å². The van der Waals surface area contributed by atoms with Crippen LogP contribution in [0.2, 0.25) is 0 Å². The average Bonchev–Trinajstić information content (AvgIpc) is 2.50. The second-order valence-corrected chi connectivity index (χ2v) is 4.53. The molecule has 0 radical (unpaired) electrons. The molecule has 1 rings (SSSR count). The highest BCUT2D eigenvalue weighted by Crippen LogP contribution is 2.26. The minimum atomic E-state index is -0.615. The second-order valence-electron chi connectivity index (χ2n) is 4.53. The monoisotopic (exact) mass is 309 g/mol. The molecule has 0 spiro atoms. The summed E-state index contributed by atoms with van der Waals surface area (Å²) >= 11 is 0. The largest absolute Gasteiger partial charge is 0.493 e. The first-order valence-corrected chi connectivity index (χ1v) is 7.11. The summed E-state index contributed by atoms with van der Waals surface area (Å²) in [4.78, 5) is 32.3. The van der Waals surface area contributed by atoms with Gasteiger partial charge in [0.15, 0.2) is 6.29 Å². The second kappa shape index (κ2) is 9.49. The number of hydrogen-bond acceptors (Lipinski definition) is 6. The third kappa shape index (κ3) is 5.51. The lowest BCUT2D eigenvalue weighted by molar-refractivity contribution is -0.385. The molecular formula is C15H19NO6. The third-order valence-electron chi connectivity index (χ3n) is 2.95. The summed E-state index contributed by atoms with van der Waals surface area (Å²) < 4.78 is 10.2. The molecule has 0 aromatic heterocycles. The Labute approximate surface area is 128 Å². The maximum Gasteiger partial charge on any atom is 0.305 e. The maximum atomic E-state index is 11.1.